The van der Waals surface area contributed by atoms with Crippen molar-refractivity contribution in [2.45, 2.75) is 46.6 Å². The number of aromatic nitrogens is 2. The molecule has 0 bridgehead atoms. The Kier molecular flexibility index (Phi) is 6.08. The molecule has 1 heterocycles. The number of aliphatic carboxylic acids is 1. The quantitative estimate of drug-likeness (QED) is 0.758. The molecular formula is C14H21N3O4. The first-order chi connectivity index (χ1) is 9.86. The average Bonchev–Trinajstić information content (AvgIpc) is 2.40. The van der Waals surface area contributed by atoms with Gasteiger partial charge in [0.2, 0.25) is 5.91 Å². The van der Waals surface area contributed by atoms with Gasteiger partial charge in [-0.15, -0.1) is 0 Å². The summed E-state index contributed by atoms with van der Waals surface area (Å²) in [5.74, 6) is -1.16. The van der Waals surface area contributed by atoms with E-state index >= 15 is 0 Å². The summed E-state index contributed by atoms with van der Waals surface area (Å²) < 4.78 is 1.29. The van der Waals surface area contributed by atoms with Gasteiger partial charge in [-0.1, -0.05) is 6.92 Å². The molecular weight excluding hydrogens is 274 g/mol. The summed E-state index contributed by atoms with van der Waals surface area (Å²) in [5, 5.41) is 11.5. The van der Waals surface area contributed by atoms with Crippen LogP contribution in [0, 0.1) is 13.8 Å². The standard InChI is InChI=1S/C14H21N3O4/c1-4-7-15-12(18)8-17-10(3)11(5-6-13(19)20)9(2)16-14(17)21/h4-8H2,1-3H3,(H,15,18)(H,19,20). The third kappa shape index (κ3) is 4.70. The number of hydrogen-bond donors (Lipinski definition) is 2. The summed E-state index contributed by atoms with van der Waals surface area (Å²) >= 11 is 0. The first-order valence-electron chi connectivity index (χ1n) is 6.92. The monoisotopic (exact) mass is 295 g/mol. The maximum absolute atomic E-state index is 11.9. The van der Waals surface area contributed by atoms with E-state index in [1.54, 1.807) is 13.8 Å². The second-order valence-corrected chi connectivity index (χ2v) is 4.87. The summed E-state index contributed by atoms with van der Waals surface area (Å²) in [5.41, 5.74) is 1.33. The summed E-state index contributed by atoms with van der Waals surface area (Å²) in [6.45, 7) is 5.78. The number of rotatable bonds is 7. The topological polar surface area (TPSA) is 101 Å². The lowest BCUT2D eigenvalue weighted by molar-refractivity contribution is -0.137. The number of carbonyl (C=O) groups excluding carboxylic acids is 1. The molecule has 0 aromatic carbocycles. The van der Waals surface area contributed by atoms with Crippen molar-refractivity contribution in [3.63, 3.8) is 0 Å². The van der Waals surface area contributed by atoms with E-state index in [4.69, 9.17) is 5.11 Å². The van der Waals surface area contributed by atoms with Crippen molar-refractivity contribution in [3.05, 3.63) is 27.4 Å². The fourth-order valence-electron chi connectivity index (χ4n) is 2.08. The second-order valence-electron chi connectivity index (χ2n) is 4.87. The van der Waals surface area contributed by atoms with Gasteiger partial charge in [0, 0.05) is 24.4 Å². The maximum atomic E-state index is 11.9. The first kappa shape index (κ1) is 16.9. The Morgan fingerprint density at radius 1 is 1.33 bits per heavy atom. The highest BCUT2D eigenvalue weighted by Crippen LogP contribution is 2.12. The highest BCUT2D eigenvalue weighted by atomic mass is 16.4. The van der Waals surface area contributed by atoms with Gasteiger partial charge < -0.3 is 10.4 Å². The summed E-state index contributed by atoms with van der Waals surface area (Å²) in [6, 6.07) is 0. The molecule has 0 aliphatic rings. The minimum Gasteiger partial charge on any atom is -0.481 e. The van der Waals surface area contributed by atoms with E-state index in [-0.39, 0.29) is 25.3 Å². The van der Waals surface area contributed by atoms with E-state index in [2.05, 4.69) is 10.3 Å². The molecule has 0 spiro atoms. The first-order valence-corrected chi connectivity index (χ1v) is 6.92. The van der Waals surface area contributed by atoms with Crippen molar-refractivity contribution in [3.8, 4) is 0 Å². The zero-order chi connectivity index (χ0) is 16.0. The number of nitrogens with one attached hydrogen (secondary N) is 1. The molecule has 1 rings (SSSR count). The summed E-state index contributed by atoms with van der Waals surface area (Å²) in [6.07, 6.45) is 1.07. The van der Waals surface area contributed by atoms with Gasteiger partial charge in [0.05, 0.1) is 0 Å². The molecule has 1 amide bonds. The summed E-state index contributed by atoms with van der Waals surface area (Å²) in [4.78, 5) is 38.2. The molecule has 1 aromatic heterocycles. The Hall–Kier alpha value is -2.18. The molecule has 7 heteroatoms. The van der Waals surface area contributed by atoms with Crippen LogP contribution in [0.15, 0.2) is 4.79 Å². The molecule has 0 fully saturated rings. The van der Waals surface area contributed by atoms with E-state index in [0.717, 1.165) is 6.42 Å². The van der Waals surface area contributed by atoms with Gasteiger partial charge in [-0.05, 0) is 32.3 Å². The second kappa shape index (κ2) is 7.56. The lowest BCUT2D eigenvalue weighted by atomic mass is 10.1. The summed E-state index contributed by atoms with van der Waals surface area (Å²) in [7, 11) is 0. The van der Waals surface area contributed by atoms with Crippen LogP contribution >= 0.6 is 0 Å². The number of amides is 1. The van der Waals surface area contributed by atoms with Crippen molar-refractivity contribution in [1.82, 2.24) is 14.9 Å². The van der Waals surface area contributed by atoms with Crippen molar-refractivity contribution >= 4 is 11.9 Å². The highest BCUT2D eigenvalue weighted by Gasteiger charge is 2.14. The Balaban J connectivity index is 3.03. The van der Waals surface area contributed by atoms with Gasteiger partial charge >= 0.3 is 11.7 Å². The van der Waals surface area contributed by atoms with E-state index < -0.39 is 11.7 Å². The smallest absolute Gasteiger partial charge is 0.348 e. The van der Waals surface area contributed by atoms with Crippen LogP contribution in [0.25, 0.3) is 0 Å². The molecule has 0 aliphatic heterocycles. The number of carboxylic acids is 1. The Morgan fingerprint density at radius 3 is 2.57 bits per heavy atom. The van der Waals surface area contributed by atoms with Crippen LogP contribution in [-0.4, -0.2) is 33.1 Å². The van der Waals surface area contributed by atoms with E-state index in [1.807, 2.05) is 6.92 Å². The molecule has 2 N–H and O–H groups in total. The van der Waals surface area contributed by atoms with Crippen LogP contribution in [0.1, 0.15) is 36.7 Å². The highest BCUT2D eigenvalue weighted by molar-refractivity contribution is 5.75. The number of carboxylic acid groups (broad SMARTS) is 1. The number of aryl methyl sites for hydroxylation is 1. The van der Waals surface area contributed by atoms with Crippen molar-refractivity contribution in [2.24, 2.45) is 0 Å². The molecule has 0 saturated heterocycles. The van der Waals surface area contributed by atoms with Crippen molar-refractivity contribution in [1.29, 1.82) is 0 Å². The van der Waals surface area contributed by atoms with Crippen LogP contribution < -0.4 is 11.0 Å². The van der Waals surface area contributed by atoms with Gasteiger partial charge in [-0.2, -0.15) is 4.98 Å². The Labute approximate surface area is 123 Å². The molecule has 116 valence electrons. The van der Waals surface area contributed by atoms with Crippen LogP contribution in [0.3, 0.4) is 0 Å². The van der Waals surface area contributed by atoms with E-state index in [9.17, 15) is 14.4 Å². The number of carbonyl (C=O) groups is 2. The van der Waals surface area contributed by atoms with Gasteiger partial charge in [0.25, 0.3) is 0 Å². The van der Waals surface area contributed by atoms with Crippen LogP contribution in [-0.2, 0) is 22.6 Å². The average molecular weight is 295 g/mol. The molecule has 0 saturated carbocycles. The Morgan fingerprint density at radius 2 is 2.00 bits per heavy atom. The van der Waals surface area contributed by atoms with E-state index in [1.165, 1.54) is 4.57 Å². The predicted molar refractivity (Wildman–Crippen MR) is 77.2 cm³/mol. The minimum atomic E-state index is -0.910. The molecule has 0 radical (unpaired) electrons. The minimum absolute atomic E-state index is 0.0381. The fraction of sp³-hybridized carbons (Fsp3) is 0.571. The fourth-order valence-corrected chi connectivity index (χ4v) is 2.08. The lowest BCUT2D eigenvalue weighted by Gasteiger charge is -2.14. The number of hydrogen-bond acceptors (Lipinski definition) is 4. The third-order valence-corrected chi connectivity index (χ3v) is 3.24. The van der Waals surface area contributed by atoms with Crippen LogP contribution in [0.4, 0.5) is 0 Å². The predicted octanol–water partition coefficient (Wildman–Crippen LogP) is 0.404. The van der Waals surface area contributed by atoms with Crippen LogP contribution in [0.2, 0.25) is 0 Å². The van der Waals surface area contributed by atoms with Gasteiger partial charge in [0.15, 0.2) is 0 Å². The molecule has 7 nitrogen and oxygen atoms in total. The third-order valence-electron chi connectivity index (χ3n) is 3.24. The zero-order valence-corrected chi connectivity index (χ0v) is 12.6. The van der Waals surface area contributed by atoms with Gasteiger partial charge in [-0.3, -0.25) is 14.2 Å². The molecule has 21 heavy (non-hydrogen) atoms. The van der Waals surface area contributed by atoms with Gasteiger partial charge in [-0.25, -0.2) is 4.79 Å². The Bertz CT molecular complexity index is 593. The van der Waals surface area contributed by atoms with Gasteiger partial charge in [0.1, 0.15) is 6.54 Å². The normalized spacial score (nSPS) is 10.4. The molecule has 0 aliphatic carbocycles. The SMILES string of the molecule is CCCNC(=O)Cn1c(C)c(CCC(=O)O)c(C)nc1=O. The molecule has 1 aromatic rings. The van der Waals surface area contributed by atoms with Crippen molar-refractivity contribution in [2.75, 3.05) is 6.54 Å². The molecule has 0 atom stereocenters. The lowest BCUT2D eigenvalue weighted by Crippen LogP contribution is -2.35. The molecule has 0 unspecified atom stereocenters. The largest absolute Gasteiger partial charge is 0.481 e. The van der Waals surface area contributed by atoms with Crippen molar-refractivity contribution < 1.29 is 14.7 Å². The zero-order valence-electron chi connectivity index (χ0n) is 12.6. The van der Waals surface area contributed by atoms with Crippen LogP contribution in [0.5, 0.6) is 0 Å². The van der Waals surface area contributed by atoms with E-state index in [0.29, 0.717) is 23.5 Å². The maximum Gasteiger partial charge on any atom is 0.348 e. The number of nitrogens with zero attached hydrogens (tertiary/aromatic N) is 2.